The van der Waals surface area contributed by atoms with Crippen molar-refractivity contribution < 1.29 is 34.0 Å². The summed E-state index contributed by atoms with van der Waals surface area (Å²) in [6, 6.07) is 19.3. The summed E-state index contributed by atoms with van der Waals surface area (Å²) in [7, 11) is -6.84. The Labute approximate surface area is 286 Å². The second-order valence-corrected chi connectivity index (χ2v) is 36.1. The molecule has 0 fully saturated rings. The Morgan fingerprint density at radius 1 is 0.444 bits per heavy atom. The van der Waals surface area contributed by atoms with Crippen LogP contribution in [0.3, 0.4) is 0 Å². The molecule has 2 rings (SSSR count). The highest BCUT2D eigenvalue weighted by atomic mass is 35.6. The Bertz CT molecular complexity index is 853. The maximum atomic E-state index is 9.76. The smallest absolute Gasteiger partial charge is 0.182 e. The topological polar surface area (TPSA) is 109 Å². The summed E-state index contributed by atoms with van der Waals surface area (Å²) in [5, 5.41) is 0. The highest BCUT2D eigenvalue weighted by molar-refractivity contribution is 7.19. The van der Waals surface area contributed by atoms with Crippen molar-refractivity contribution in [1.82, 2.24) is 0 Å². The highest BCUT2D eigenvalue weighted by Gasteiger charge is 2.18. The largest absolute Gasteiger partial charge is 0.494 e. The van der Waals surface area contributed by atoms with E-state index in [1.54, 1.807) is 0 Å². The van der Waals surface area contributed by atoms with Gasteiger partial charge in [-0.1, -0.05) is 26.2 Å². The van der Waals surface area contributed by atoms with Gasteiger partial charge in [0.15, 0.2) is 31.4 Å². The van der Waals surface area contributed by atoms with Crippen molar-refractivity contribution in [3.8, 4) is 23.0 Å². The van der Waals surface area contributed by atoms with Gasteiger partial charge in [-0.3, -0.25) is 0 Å². The number of benzene rings is 2. The van der Waals surface area contributed by atoms with Gasteiger partial charge in [0.2, 0.25) is 0 Å². The Hall–Kier alpha value is -1.03. The SMILES string of the molecule is C[Si](C)(Cl)CCCOc1ccc(OCCC[Si](C)(C)Cl)cc1.C[Si](C)(O)CCCOc1ccc(OCCC[Si](C)(C)O)cc1.O. The third kappa shape index (κ3) is 27.8. The molecule has 0 aliphatic rings. The van der Waals surface area contributed by atoms with Crippen LogP contribution in [-0.4, -0.2) is 72.9 Å². The van der Waals surface area contributed by atoms with Crippen LogP contribution in [0.25, 0.3) is 0 Å². The van der Waals surface area contributed by atoms with Crippen molar-refractivity contribution in [3.63, 3.8) is 0 Å². The first-order valence-electron chi connectivity index (χ1n) is 15.9. The quantitative estimate of drug-likeness (QED) is 0.0798. The van der Waals surface area contributed by atoms with Gasteiger partial charge in [-0.05, 0) is 125 Å². The van der Waals surface area contributed by atoms with Gasteiger partial charge in [0.25, 0.3) is 0 Å². The van der Waals surface area contributed by atoms with Crippen LogP contribution in [0, 0.1) is 0 Å². The number of halogens is 2. The van der Waals surface area contributed by atoms with Crippen molar-refractivity contribution in [3.05, 3.63) is 48.5 Å². The zero-order valence-electron chi connectivity index (χ0n) is 28.9. The molecule has 45 heavy (non-hydrogen) atoms. The molecule has 0 spiro atoms. The second-order valence-electron chi connectivity index (χ2n) is 13.8. The molecule has 0 saturated carbocycles. The van der Waals surface area contributed by atoms with Gasteiger partial charge in [-0.25, -0.2) is 0 Å². The van der Waals surface area contributed by atoms with E-state index in [9.17, 15) is 9.59 Å². The summed E-state index contributed by atoms with van der Waals surface area (Å²) in [6.45, 7) is 19.1. The van der Waals surface area contributed by atoms with Gasteiger partial charge < -0.3 is 34.0 Å². The molecule has 7 nitrogen and oxygen atoms in total. The molecule has 0 unspecified atom stereocenters. The van der Waals surface area contributed by atoms with Crippen molar-refractivity contribution in [1.29, 1.82) is 0 Å². The van der Waals surface area contributed by atoms with Crippen LogP contribution in [0.15, 0.2) is 48.5 Å². The lowest BCUT2D eigenvalue weighted by Gasteiger charge is -2.14. The number of ether oxygens (including phenoxy) is 4. The van der Waals surface area contributed by atoms with E-state index in [-0.39, 0.29) is 5.48 Å². The third-order valence-electron chi connectivity index (χ3n) is 6.42. The van der Waals surface area contributed by atoms with Gasteiger partial charge in [-0.15, -0.1) is 0 Å². The van der Waals surface area contributed by atoms with Crippen LogP contribution in [-0.2, 0) is 0 Å². The van der Waals surface area contributed by atoms with Crippen LogP contribution in [0.4, 0.5) is 0 Å². The van der Waals surface area contributed by atoms with Crippen molar-refractivity contribution in [2.45, 2.75) is 102 Å². The van der Waals surface area contributed by atoms with Crippen molar-refractivity contribution in [2.24, 2.45) is 0 Å². The van der Waals surface area contributed by atoms with Crippen molar-refractivity contribution in [2.75, 3.05) is 26.4 Å². The minimum absolute atomic E-state index is 0. The van der Waals surface area contributed by atoms with Gasteiger partial charge >= 0.3 is 0 Å². The summed E-state index contributed by atoms with van der Waals surface area (Å²) in [5.74, 6) is 3.42. The van der Waals surface area contributed by atoms with Gasteiger partial charge in [0.05, 0.1) is 26.4 Å². The fourth-order valence-corrected chi connectivity index (χ4v) is 8.81. The van der Waals surface area contributed by atoms with Crippen molar-refractivity contribution >= 4 is 53.6 Å². The Kier molecular flexibility index (Phi) is 21.3. The Morgan fingerprint density at radius 2 is 0.644 bits per heavy atom. The molecule has 0 bridgehead atoms. The van der Waals surface area contributed by atoms with Crippen LogP contribution in [0.2, 0.25) is 76.6 Å². The maximum Gasteiger partial charge on any atom is 0.182 e. The second kappa shape index (κ2) is 21.8. The van der Waals surface area contributed by atoms with Crippen LogP contribution in [0.5, 0.6) is 23.0 Å². The van der Waals surface area contributed by atoms with Gasteiger partial charge in [0, 0.05) is 0 Å². The first kappa shape index (κ1) is 44.0. The molecule has 4 N–H and O–H groups in total. The minimum Gasteiger partial charge on any atom is -0.494 e. The lowest BCUT2D eigenvalue weighted by Crippen LogP contribution is -2.25. The lowest BCUT2D eigenvalue weighted by molar-refractivity contribution is 0.306. The molecule has 0 aliphatic carbocycles. The van der Waals surface area contributed by atoms with Crippen LogP contribution >= 0.6 is 22.2 Å². The van der Waals surface area contributed by atoms with E-state index in [1.165, 1.54) is 0 Å². The normalized spacial score (nSPS) is 12.0. The highest BCUT2D eigenvalue weighted by Crippen LogP contribution is 2.22. The summed E-state index contributed by atoms with van der Waals surface area (Å²) in [6.07, 6.45) is 3.79. The van der Waals surface area contributed by atoms with E-state index in [4.69, 9.17) is 41.1 Å². The van der Waals surface area contributed by atoms with E-state index in [2.05, 4.69) is 26.2 Å². The monoisotopic (exact) mass is 738 g/mol. The standard InChI is InChI=1S/C16H28Cl2O2Si2.C16H30O4Si2.H2O/c2*1-21(2,17)13-5-11-19-15-7-9-16(10-8-15)20-12-6-14-22(3,4)18;/h7-10H,5-6,11-14H2,1-4H3;7-10,17-18H,5-6,11-14H2,1-4H3;1H2. The Balaban J connectivity index is 0.000000842. The zero-order valence-corrected chi connectivity index (χ0v) is 34.4. The number of hydrogen-bond acceptors (Lipinski definition) is 6. The molecular weight excluding hydrogens is 680 g/mol. The summed E-state index contributed by atoms with van der Waals surface area (Å²) >= 11 is 12.6. The number of hydrogen-bond donors (Lipinski definition) is 2. The van der Waals surface area contributed by atoms with E-state index < -0.39 is 31.4 Å². The van der Waals surface area contributed by atoms with Crippen LogP contribution in [0.1, 0.15) is 25.7 Å². The van der Waals surface area contributed by atoms with E-state index >= 15 is 0 Å². The van der Waals surface area contributed by atoms with E-state index in [0.717, 1.165) is 86.1 Å². The fourth-order valence-electron chi connectivity index (χ4n) is 4.02. The average molecular weight is 740 g/mol. The maximum absolute atomic E-state index is 9.76. The summed E-state index contributed by atoms with van der Waals surface area (Å²) < 4.78 is 22.8. The van der Waals surface area contributed by atoms with Crippen LogP contribution < -0.4 is 18.9 Å². The van der Waals surface area contributed by atoms with E-state index in [1.807, 2.05) is 74.7 Å². The lowest BCUT2D eigenvalue weighted by atomic mass is 10.3. The predicted octanol–water partition coefficient (Wildman–Crippen LogP) is 8.91. The summed E-state index contributed by atoms with van der Waals surface area (Å²) in [4.78, 5) is 19.5. The minimum atomic E-state index is -1.95. The molecule has 0 atom stereocenters. The molecule has 0 amide bonds. The number of rotatable bonds is 20. The van der Waals surface area contributed by atoms with E-state index in [0.29, 0.717) is 13.2 Å². The molecule has 2 aromatic carbocycles. The fraction of sp³-hybridized carbons (Fsp3) is 0.625. The molecule has 0 aromatic heterocycles. The molecule has 260 valence electrons. The van der Waals surface area contributed by atoms with Gasteiger partial charge in [0.1, 0.15) is 23.0 Å². The van der Waals surface area contributed by atoms with Gasteiger partial charge in [-0.2, -0.15) is 22.2 Å². The molecule has 0 heterocycles. The zero-order chi connectivity index (χ0) is 33.3. The molecule has 0 radical (unpaired) electrons. The molecule has 2 aromatic rings. The third-order valence-corrected chi connectivity index (χ3v) is 13.8. The Morgan fingerprint density at radius 3 is 0.822 bits per heavy atom. The molecule has 0 aliphatic heterocycles. The molecule has 13 heteroatoms. The molecular formula is C32H60Cl2O7Si4. The first-order chi connectivity index (χ1) is 20.3. The predicted molar refractivity (Wildman–Crippen MR) is 202 cm³/mol. The average Bonchev–Trinajstić information content (AvgIpc) is 2.89. The first-order valence-corrected chi connectivity index (χ1v) is 30.6. The molecule has 0 saturated heterocycles. The summed E-state index contributed by atoms with van der Waals surface area (Å²) in [5.41, 5.74) is 0.